The van der Waals surface area contributed by atoms with E-state index in [4.69, 9.17) is 5.73 Å². The highest BCUT2D eigenvalue weighted by Gasteiger charge is 2.25. The highest BCUT2D eigenvalue weighted by atomic mass is 16.1. The zero-order valence-corrected chi connectivity index (χ0v) is 10.8. The van der Waals surface area contributed by atoms with Crippen molar-refractivity contribution in [1.82, 2.24) is 5.32 Å². The summed E-state index contributed by atoms with van der Waals surface area (Å²) in [6.45, 7) is 0.713. The van der Waals surface area contributed by atoms with Crippen molar-refractivity contribution in [2.75, 3.05) is 6.54 Å². The minimum atomic E-state index is 0.147. The van der Waals surface area contributed by atoms with Crippen molar-refractivity contribution in [3.05, 3.63) is 35.9 Å². The van der Waals surface area contributed by atoms with Crippen LogP contribution in [-0.2, 0) is 11.2 Å². The van der Waals surface area contributed by atoms with Crippen LogP contribution in [0.1, 0.15) is 31.2 Å². The lowest BCUT2D eigenvalue weighted by atomic mass is 10.00. The van der Waals surface area contributed by atoms with Crippen molar-refractivity contribution in [3.8, 4) is 0 Å². The molecule has 0 aliphatic heterocycles. The third-order valence-electron chi connectivity index (χ3n) is 3.74. The topological polar surface area (TPSA) is 55.1 Å². The predicted molar refractivity (Wildman–Crippen MR) is 73.1 cm³/mol. The summed E-state index contributed by atoms with van der Waals surface area (Å²) in [6, 6.07) is 10.4. The predicted octanol–water partition coefficient (Wildman–Crippen LogP) is 1.86. The maximum Gasteiger partial charge on any atom is 0.220 e. The molecule has 3 nitrogen and oxygen atoms in total. The number of amides is 1. The van der Waals surface area contributed by atoms with Crippen LogP contribution in [0.25, 0.3) is 0 Å². The number of benzene rings is 1. The molecular formula is C15H22N2O. The maximum atomic E-state index is 11.8. The van der Waals surface area contributed by atoms with Crippen molar-refractivity contribution in [2.24, 2.45) is 11.7 Å². The monoisotopic (exact) mass is 246 g/mol. The van der Waals surface area contributed by atoms with Gasteiger partial charge in [0, 0.05) is 19.0 Å². The standard InChI is InChI=1S/C15H22N2O/c16-14-8-4-7-13(14)11-15(18)17-10-9-12-5-2-1-3-6-12/h1-3,5-6,13-14H,4,7-11,16H2,(H,17,18)/t13-,14+/m0/s1. The zero-order valence-electron chi connectivity index (χ0n) is 10.8. The molecular weight excluding hydrogens is 224 g/mol. The van der Waals surface area contributed by atoms with Crippen molar-refractivity contribution < 1.29 is 4.79 Å². The number of rotatable bonds is 5. The molecule has 1 aliphatic rings. The van der Waals surface area contributed by atoms with E-state index in [1.807, 2.05) is 18.2 Å². The lowest BCUT2D eigenvalue weighted by Crippen LogP contribution is -2.32. The Morgan fingerprint density at radius 3 is 2.72 bits per heavy atom. The van der Waals surface area contributed by atoms with Gasteiger partial charge in [-0.1, -0.05) is 36.8 Å². The molecule has 2 atom stereocenters. The Bertz CT molecular complexity index is 377. The average Bonchev–Trinajstić information content (AvgIpc) is 2.76. The summed E-state index contributed by atoms with van der Waals surface area (Å²) in [5.41, 5.74) is 7.23. The van der Waals surface area contributed by atoms with E-state index in [0.717, 1.165) is 19.3 Å². The summed E-state index contributed by atoms with van der Waals surface area (Å²) in [4.78, 5) is 11.8. The number of nitrogens with two attached hydrogens (primary N) is 1. The molecule has 2 rings (SSSR count). The second-order valence-electron chi connectivity index (χ2n) is 5.14. The van der Waals surface area contributed by atoms with Gasteiger partial charge >= 0.3 is 0 Å². The molecule has 98 valence electrons. The van der Waals surface area contributed by atoms with E-state index in [1.165, 1.54) is 12.0 Å². The van der Waals surface area contributed by atoms with Gasteiger partial charge in [-0.05, 0) is 30.7 Å². The molecule has 0 radical (unpaired) electrons. The summed E-state index contributed by atoms with van der Waals surface area (Å²) < 4.78 is 0. The van der Waals surface area contributed by atoms with Crippen LogP contribution in [-0.4, -0.2) is 18.5 Å². The summed E-state index contributed by atoms with van der Waals surface area (Å²) in [7, 11) is 0. The highest BCUT2D eigenvalue weighted by molar-refractivity contribution is 5.76. The van der Waals surface area contributed by atoms with Gasteiger partial charge < -0.3 is 11.1 Å². The molecule has 0 aromatic heterocycles. The van der Waals surface area contributed by atoms with E-state index in [-0.39, 0.29) is 11.9 Å². The van der Waals surface area contributed by atoms with E-state index >= 15 is 0 Å². The van der Waals surface area contributed by atoms with Crippen LogP contribution in [0.3, 0.4) is 0 Å². The van der Waals surface area contributed by atoms with E-state index < -0.39 is 0 Å². The molecule has 18 heavy (non-hydrogen) atoms. The first kappa shape index (κ1) is 13.1. The Balaban J connectivity index is 1.66. The lowest BCUT2D eigenvalue weighted by molar-refractivity contribution is -0.122. The summed E-state index contributed by atoms with van der Waals surface area (Å²) in [5.74, 6) is 0.537. The minimum Gasteiger partial charge on any atom is -0.356 e. The summed E-state index contributed by atoms with van der Waals surface area (Å²) >= 11 is 0. The second-order valence-corrected chi connectivity index (χ2v) is 5.14. The number of hydrogen-bond donors (Lipinski definition) is 2. The fourth-order valence-corrected chi connectivity index (χ4v) is 2.62. The van der Waals surface area contributed by atoms with Gasteiger partial charge in [-0.3, -0.25) is 4.79 Å². The molecule has 3 heteroatoms. The van der Waals surface area contributed by atoms with E-state index in [0.29, 0.717) is 18.9 Å². The summed E-state index contributed by atoms with van der Waals surface area (Å²) in [6.07, 6.45) is 4.83. The van der Waals surface area contributed by atoms with Gasteiger partial charge in [0.2, 0.25) is 5.91 Å². The van der Waals surface area contributed by atoms with Crippen LogP contribution < -0.4 is 11.1 Å². The summed E-state index contributed by atoms with van der Waals surface area (Å²) in [5, 5.41) is 2.98. The number of nitrogens with one attached hydrogen (secondary N) is 1. The fourth-order valence-electron chi connectivity index (χ4n) is 2.62. The Kier molecular flexibility index (Phi) is 4.76. The average molecular weight is 246 g/mol. The molecule has 1 saturated carbocycles. The molecule has 0 bridgehead atoms. The smallest absolute Gasteiger partial charge is 0.220 e. The van der Waals surface area contributed by atoms with Crippen LogP contribution in [0.2, 0.25) is 0 Å². The zero-order chi connectivity index (χ0) is 12.8. The third-order valence-corrected chi connectivity index (χ3v) is 3.74. The van der Waals surface area contributed by atoms with Gasteiger partial charge in [-0.25, -0.2) is 0 Å². The van der Waals surface area contributed by atoms with Gasteiger partial charge in [0.25, 0.3) is 0 Å². The molecule has 1 aliphatic carbocycles. The van der Waals surface area contributed by atoms with Crippen molar-refractivity contribution in [3.63, 3.8) is 0 Å². The van der Waals surface area contributed by atoms with Gasteiger partial charge in [-0.2, -0.15) is 0 Å². The van der Waals surface area contributed by atoms with Crippen molar-refractivity contribution in [2.45, 2.75) is 38.1 Å². The molecule has 1 aromatic carbocycles. The first-order valence-electron chi connectivity index (χ1n) is 6.82. The quantitative estimate of drug-likeness (QED) is 0.833. The molecule has 1 fully saturated rings. The Labute approximate surface area is 109 Å². The fraction of sp³-hybridized carbons (Fsp3) is 0.533. The third kappa shape index (κ3) is 3.84. The van der Waals surface area contributed by atoms with Crippen LogP contribution in [0.5, 0.6) is 0 Å². The van der Waals surface area contributed by atoms with Gasteiger partial charge in [0.05, 0.1) is 0 Å². The number of carbonyl (C=O) groups excluding carboxylic acids is 1. The number of carbonyl (C=O) groups is 1. The van der Waals surface area contributed by atoms with Crippen LogP contribution in [0.4, 0.5) is 0 Å². The molecule has 1 amide bonds. The van der Waals surface area contributed by atoms with Gasteiger partial charge in [0.1, 0.15) is 0 Å². The lowest BCUT2D eigenvalue weighted by Gasteiger charge is -2.14. The molecule has 0 saturated heterocycles. The second kappa shape index (κ2) is 6.55. The van der Waals surface area contributed by atoms with Gasteiger partial charge in [0.15, 0.2) is 0 Å². The highest BCUT2D eigenvalue weighted by Crippen LogP contribution is 2.26. The van der Waals surface area contributed by atoms with E-state index in [1.54, 1.807) is 0 Å². The minimum absolute atomic E-state index is 0.147. The largest absolute Gasteiger partial charge is 0.356 e. The van der Waals surface area contributed by atoms with Crippen molar-refractivity contribution >= 4 is 5.91 Å². The van der Waals surface area contributed by atoms with Crippen LogP contribution in [0, 0.1) is 5.92 Å². The first-order chi connectivity index (χ1) is 8.75. The van der Waals surface area contributed by atoms with E-state index in [2.05, 4.69) is 17.4 Å². The molecule has 1 aromatic rings. The van der Waals surface area contributed by atoms with Gasteiger partial charge in [-0.15, -0.1) is 0 Å². The molecule has 0 heterocycles. The normalized spacial score (nSPS) is 22.9. The van der Waals surface area contributed by atoms with Crippen LogP contribution >= 0.6 is 0 Å². The molecule has 0 unspecified atom stereocenters. The molecule has 0 spiro atoms. The molecule has 3 N–H and O–H groups in total. The first-order valence-corrected chi connectivity index (χ1v) is 6.82. The maximum absolute atomic E-state index is 11.8. The Hall–Kier alpha value is -1.35. The van der Waals surface area contributed by atoms with Crippen LogP contribution in [0.15, 0.2) is 30.3 Å². The Morgan fingerprint density at radius 2 is 2.06 bits per heavy atom. The SMILES string of the molecule is N[C@@H]1CCC[C@H]1CC(=O)NCCc1ccccc1. The van der Waals surface area contributed by atoms with Crippen molar-refractivity contribution in [1.29, 1.82) is 0 Å². The number of hydrogen-bond acceptors (Lipinski definition) is 2. The Morgan fingerprint density at radius 1 is 1.28 bits per heavy atom. The van der Waals surface area contributed by atoms with E-state index in [9.17, 15) is 4.79 Å².